The lowest BCUT2D eigenvalue weighted by Gasteiger charge is -2.46. The summed E-state index contributed by atoms with van der Waals surface area (Å²) in [7, 11) is 0. The number of phenolic OH excluding ortho intramolecular Hbond substituents is 28. The third-order valence-electron chi connectivity index (χ3n) is 20.9. The molecular formula is C89H58O53. The number of carboxylic acid groups (broad SMARTS) is 4. The van der Waals surface area contributed by atoms with Crippen LogP contribution in [-0.2, 0) is 4.74 Å². The Kier molecular flexibility index (Phi) is 25.7. The van der Waals surface area contributed by atoms with Crippen molar-refractivity contribution in [1.82, 2.24) is 0 Å². The van der Waals surface area contributed by atoms with Gasteiger partial charge in [-0.05, 0) is 121 Å². The number of aromatic carboxylic acids is 4. The van der Waals surface area contributed by atoms with Gasteiger partial charge in [0.25, 0.3) is 0 Å². The van der Waals surface area contributed by atoms with Crippen LogP contribution in [0.3, 0.4) is 0 Å². The normalized spacial score (nSPS) is 13.7. The molecule has 1 fully saturated rings. The molecule has 0 bridgehead atoms. The summed E-state index contributed by atoms with van der Waals surface area (Å²) in [5.74, 6) is -93.6. The SMILES string of the molecule is O=C(Oc1cc(C(=O)Oc2c(O)c(O)cc(C(=O)O)c2[C@@H]2[C@H](c3c(C(=O)O)cc(O)c(O)c3OC(=O)c3cc(O)c(O)c(OC(=O)c4cc(O)c(O)c(O)c4)c3)[C@H](c3c(C(=O)O)cc(O)c(O)c3OC(=O)c3cc(O)c(O)c(OC(=O)c4cc(O)c(O)c(O)c4)c3)OC[C@H]2c2c(C(=O)O)cc(O)c(O)c2OC(=O)c2cc(O)c(O)c(OC(=O)c3cc(O)c(O)c(O)c3)c2)cc(O)c1O)c1cc(O)c(O)c(O)c1. The van der Waals surface area contributed by atoms with Crippen molar-refractivity contribution in [1.29, 1.82) is 0 Å². The first-order valence-corrected chi connectivity index (χ1v) is 38.5. The van der Waals surface area contributed by atoms with Crippen LogP contribution >= 0.6 is 0 Å². The molecular weight excluding hydrogens is 1920 g/mol. The molecule has 0 aliphatic carbocycles. The second-order valence-corrected chi connectivity index (χ2v) is 29.7. The quantitative estimate of drug-likeness (QED) is 0.0159. The zero-order chi connectivity index (χ0) is 104. The average Bonchev–Trinajstić information content (AvgIpc) is 0.706. The molecule has 0 saturated carbocycles. The topological polar surface area (TPSA) is 935 Å². The maximum absolute atomic E-state index is 15.5. The van der Waals surface area contributed by atoms with Crippen molar-refractivity contribution >= 4 is 71.6 Å². The van der Waals surface area contributed by atoms with Gasteiger partial charge in [-0.25, -0.2) is 57.5 Å². The number of hydrogen-bond donors (Lipinski definition) is 32. The van der Waals surface area contributed by atoms with Crippen LogP contribution in [0.25, 0.3) is 0 Å². The molecule has 1 saturated heterocycles. The number of rotatable bonds is 24. The highest BCUT2D eigenvalue weighted by Gasteiger charge is 2.55. The zero-order valence-corrected chi connectivity index (χ0v) is 69.4. The molecule has 142 heavy (non-hydrogen) atoms. The smallest absolute Gasteiger partial charge is 0.343 e. The van der Waals surface area contributed by atoms with Gasteiger partial charge in [0.05, 0.1) is 79.5 Å². The molecule has 0 aromatic heterocycles. The van der Waals surface area contributed by atoms with E-state index in [1.165, 1.54) is 0 Å². The van der Waals surface area contributed by atoms with Crippen molar-refractivity contribution in [2.45, 2.75) is 23.9 Å². The highest BCUT2D eigenvalue weighted by molar-refractivity contribution is 6.04. The second-order valence-electron chi connectivity index (χ2n) is 29.7. The summed E-state index contributed by atoms with van der Waals surface area (Å²) in [5.41, 5.74) is -23.8. The Morgan fingerprint density at radius 2 is 0.366 bits per heavy atom. The summed E-state index contributed by atoms with van der Waals surface area (Å²) >= 11 is 0. The second kappa shape index (κ2) is 37.2. The molecule has 13 rings (SSSR count). The molecule has 0 unspecified atom stereocenters. The predicted octanol–water partition coefficient (Wildman–Crippen LogP) is 7.41. The Morgan fingerprint density at radius 1 is 0.197 bits per heavy atom. The summed E-state index contributed by atoms with van der Waals surface area (Å²) in [6, 6.07) is 4.88. The van der Waals surface area contributed by atoms with Crippen LogP contribution in [0.1, 0.15) is 170 Å². The lowest BCUT2D eigenvalue weighted by Crippen LogP contribution is -2.38. The first-order valence-electron chi connectivity index (χ1n) is 38.5. The van der Waals surface area contributed by atoms with E-state index >= 15 is 19.2 Å². The Morgan fingerprint density at radius 3 is 0.592 bits per heavy atom. The Bertz CT molecular complexity index is 7020. The zero-order valence-electron chi connectivity index (χ0n) is 69.4. The summed E-state index contributed by atoms with van der Waals surface area (Å²) < 4.78 is 49.6. The van der Waals surface area contributed by atoms with E-state index in [-0.39, 0.29) is 72.8 Å². The molecule has 732 valence electrons. The van der Waals surface area contributed by atoms with Crippen molar-refractivity contribution in [2.75, 3.05) is 6.61 Å². The lowest BCUT2D eigenvalue weighted by atomic mass is 9.63. The number of phenols is 28. The van der Waals surface area contributed by atoms with Crippen molar-refractivity contribution < 1.29 is 264 Å². The van der Waals surface area contributed by atoms with Gasteiger partial charge in [-0.2, -0.15) is 0 Å². The predicted molar refractivity (Wildman–Crippen MR) is 448 cm³/mol. The third kappa shape index (κ3) is 18.3. The fraction of sp³-hybridized carbons (Fsp3) is 0.0562. The van der Waals surface area contributed by atoms with Crippen LogP contribution in [0.15, 0.2) is 121 Å². The van der Waals surface area contributed by atoms with Crippen LogP contribution in [0.5, 0.6) is 207 Å². The largest absolute Gasteiger partial charge is 0.504 e. The number of benzene rings is 12. The number of aromatic hydroxyl groups is 28. The van der Waals surface area contributed by atoms with Crippen LogP contribution in [0.2, 0.25) is 0 Å². The number of ether oxygens (including phenoxy) is 9. The summed E-state index contributed by atoms with van der Waals surface area (Å²) in [4.78, 5) is 174. The van der Waals surface area contributed by atoms with Crippen molar-refractivity contribution in [3.8, 4) is 207 Å². The Labute approximate surface area is 780 Å². The van der Waals surface area contributed by atoms with E-state index in [4.69, 9.17) is 42.6 Å². The Hall–Kier alpha value is -21.4. The van der Waals surface area contributed by atoms with Gasteiger partial charge in [0.2, 0.25) is 46.0 Å². The van der Waals surface area contributed by atoms with E-state index < -0.39 is 398 Å². The maximum atomic E-state index is 15.5. The van der Waals surface area contributed by atoms with E-state index in [2.05, 4.69) is 0 Å². The maximum Gasteiger partial charge on any atom is 0.343 e. The minimum atomic E-state index is -3.63. The molecule has 0 amide bonds. The minimum absolute atomic E-state index is 0.0125. The lowest BCUT2D eigenvalue weighted by molar-refractivity contribution is -0.0301. The van der Waals surface area contributed by atoms with Crippen LogP contribution < -0.4 is 37.9 Å². The molecule has 0 radical (unpaired) electrons. The molecule has 53 nitrogen and oxygen atoms in total. The van der Waals surface area contributed by atoms with Crippen LogP contribution in [0, 0.1) is 0 Å². The fourth-order valence-electron chi connectivity index (χ4n) is 14.4. The third-order valence-corrected chi connectivity index (χ3v) is 20.9. The van der Waals surface area contributed by atoms with E-state index in [1.54, 1.807) is 0 Å². The molecule has 12 aromatic carbocycles. The summed E-state index contributed by atoms with van der Waals surface area (Å²) in [6.45, 7) is -2.03. The van der Waals surface area contributed by atoms with Gasteiger partial charge in [0.1, 0.15) is 0 Å². The van der Waals surface area contributed by atoms with Gasteiger partial charge in [-0.1, -0.05) is 0 Å². The standard InChI is InChI=1S/C89H58O53/c90-35-1-22(2-36(91)61(35)106)82(126)135-51-13-26(9-43(98)65(51)110)86(130)139-74-55(30(78(118)119)17-47(102)69(74)114)34-21-134-73(59-33(81(124)125)20-50(105)72(117)77(59)142-89(133)29-12-46(101)68(113)54(16-29)138-85(129)25-7-41(96)64(109)42(97)8-25)60(58-32(80(122)123)19-49(104)71(116)76(58)141-88(132)28-11-45(100)67(112)53(15-28)137-84(128)24-5-39(94)63(108)40(95)6-24)56(34)57-31(79(120)121)18-48(103)70(115)75(57)140-87(131)27-10-44(99)66(111)52(14-27)136-83(127)23-3-37(92)62(107)38(93)4-23/h1-20,34,56,60,73,90-117H,21H2,(H,118,119)(H,120,121)(H,122,123)(H,124,125)/t34-,56+,60+,73-/m0/s1. The van der Waals surface area contributed by atoms with Gasteiger partial charge in [-0.15, -0.1) is 0 Å². The summed E-state index contributed by atoms with van der Waals surface area (Å²) in [6.07, 6.45) is -3.48. The highest BCUT2D eigenvalue weighted by Crippen LogP contribution is 2.66. The molecule has 4 atom stereocenters. The van der Waals surface area contributed by atoms with E-state index in [9.17, 15) is 202 Å². The number of hydrogen-bond acceptors (Lipinski definition) is 49. The molecule has 0 spiro atoms. The minimum Gasteiger partial charge on any atom is -0.504 e. The molecule has 1 aliphatic heterocycles. The van der Waals surface area contributed by atoms with Gasteiger partial charge >= 0.3 is 71.6 Å². The van der Waals surface area contributed by atoms with E-state index in [0.29, 0.717) is 48.5 Å². The summed E-state index contributed by atoms with van der Waals surface area (Å²) in [5, 5.41) is 355. The monoisotopic (exact) mass is 1970 g/mol. The van der Waals surface area contributed by atoms with Gasteiger partial charge in [-0.3, -0.25) is 0 Å². The highest BCUT2D eigenvalue weighted by atomic mass is 16.6. The first-order chi connectivity index (χ1) is 66.6. The molecule has 32 N–H and O–H groups in total. The number of esters is 8. The van der Waals surface area contributed by atoms with Crippen LogP contribution in [0.4, 0.5) is 0 Å². The average molecular weight is 1980 g/mol. The molecule has 1 aliphatic rings. The molecule has 1 heterocycles. The first kappa shape index (κ1) is 98.2. The number of carboxylic acids is 4. The van der Waals surface area contributed by atoms with E-state index in [1.807, 2.05) is 0 Å². The van der Waals surface area contributed by atoms with E-state index in [0.717, 1.165) is 0 Å². The van der Waals surface area contributed by atoms with Crippen molar-refractivity contribution in [2.24, 2.45) is 0 Å². The fourth-order valence-corrected chi connectivity index (χ4v) is 14.4. The van der Waals surface area contributed by atoms with Crippen molar-refractivity contribution in [3.63, 3.8) is 0 Å². The van der Waals surface area contributed by atoms with Gasteiger partial charge in [0.15, 0.2) is 161 Å². The van der Waals surface area contributed by atoms with Gasteiger partial charge < -0.3 is 206 Å². The number of carbonyl (C=O) groups is 12. The molecule has 53 heteroatoms. The van der Waals surface area contributed by atoms with Crippen LogP contribution in [-0.4, -0.2) is 242 Å². The number of carbonyl (C=O) groups excluding carboxylic acids is 8. The molecule has 12 aromatic rings. The Balaban J connectivity index is 1.14. The van der Waals surface area contributed by atoms with Crippen molar-refractivity contribution in [3.05, 3.63) is 210 Å². The van der Waals surface area contributed by atoms with Gasteiger partial charge in [0, 0.05) is 40.0 Å².